The number of rotatable bonds is 6. The fourth-order valence-electron chi connectivity index (χ4n) is 1.22. The summed E-state index contributed by atoms with van der Waals surface area (Å²) in [5.41, 5.74) is 0. The molecule has 0 spiro atoms. The van der Waals surface area contributed by atoms with E-state index in [-0.39, 0.29) is 0 Å². The van der Waals surface area contributed by atoms with E-state index in [1.54, 1.807) is 0 Å². The third-order valence-corrected chi connectivity index (χ3v) is 4.48. The van der Waals surface area contributed by atoms with Gasteiger partial charge < -0.3 is 4.43 Å². The zero-order chi connectivity index (χ0) is 9.45. The van der Waals surface area contributed by atoms with E-state index < -0.39 is 8.32 Å². The number of hydrogen-bond acceptors (Lipinski definition) is 2. The van der Waals surface area contributed by atoms with E-state index in [0.29, 0.717) is 6.42 Å². The molecule has 70 valence electrons. The van der Waals surface area contributed by atoms with Crippen LogP contribution in [0, 0.1) is 11.3 Å². The molecule has 0 aliphatic heterocycles. The molecule has 2 nitrogen and oxygen atoms in total. The lowest BCUT2D eigenvalue weighted by Crippen LogP contribution is -2.29. The molecule has 0 unspecified atom stereocenters. The molecule has 0 aliphatic carbocycles. The van der Waals surface area contributed by atoms with E-state index in [0.717, 1.165) is 19.4 Å². The van der Waals surface area contributed by atoms with Gasteiger partial charge in [0.1, 0.15) is 0 Å². The van der Waals surface area contributed by atoms with Crippen LogP contribution in [0.4, 0.5) is 0 Å². The van der Waals surface area contributed by atoms with E-state index in [2.05, 4.69) is 19.2 Å². The zero-order valence-corrected chi connectivity index (χ0v) is 9.39. The van der Waals surface area contributed by atoms with Gasteiger partial charge >= 0.3 is 0 Å². The van der Waals surface area contributed by atoms with Crippen LogP contribution in [-0.2, 0) is 4.43 Å². The van der Waals surface area contributed by atoms with Crippen molar-refractivity contribution in [3.05, 3.63) is 0 Å². The summed E-state index contributed by atoms with van der Waals surface area (Å²) in [5.74, 6) is 0. The summed E-state index contributed by atoms with van der Waals surface area (Å²) in [6.07, 6.45) is 2.86. The Morgan fingerprint density at radius 3 is 2.50 bits per heavy atom. The molecular formula is C9H19NOSi. The van der Waals surface area contributed by atoms with E-state index in [1.807, 2.05) is 6.92 Å². The molecule has 0 aliphatic rings. The van der Waals surface area contributed by atoms with Crippen molar-refractivity contribution in [3.8, 4) is 6.07 Å². The van der Waals surface area contributed by atoms with Crippen LogP contribution in [0.1, 0.15) is 26.2 Å². The quantitative estimate of drug-likeness (QED) is 0.471. The lowest BCUT2D eigenvalue weighted by atomic mass is 10.3. The maximum atomic E-state index is 8.33. The third kappa shape index (κ3) is 6.38. The average Bonchev–Trinajstić information content (AvgIpc) is 1.98. The van der Waals surface area contributed by atoms with E-state index in [4.69, 9.17) is 9.69 Å². The Kier molecular flexibility index (Phi) is 6.04. The highest BCUT2D eigenvalue weighted by Crippen LogP contribution is 2.15. The minimum Gasteiger partial charge on any atom is -0.418 e. The minimum atomic E-state index is -1.36. The fraction of sp³-hybridized carbons (Fsp3) is 0.889. The first-order valence-electron chi connectivity index (χ1n) is 4.63. The summed E-state index contributed by atoms with van der Waals surface area (Å²) in [6.45, 7) is 7.35. The Morgan fingerprint density at radius 2 is 2.00 bits per heavy atom. The van der Waals surface area contributed by atoms with Crippen molar-refractivity contribution in [2.45, 2.75) is 45.3 Å². The molecule has 0 bridgehead atoms. The van der Waals surface area contributed by atoms with Gasteiger partial charge in [0.2, 0.25) is 0 Å². The lowest BCUT2D eigenvalue weighted by molar-refractivity contribution is 0.328. The normalized spacial score (nSPS) is 11.2. The second-order valence-electron chi connectivity index (χ2n) is 3.56. The van der Waals surface area contributed by atoms with Crippen LogP contribution < -0.4 is 0 Å². The van der Waals surface area contributed by atoms with Gasteiger partial charge in [-0.1, -0.05) is 6.42 Å². The molecule has 0 N–H and O–H groups in total. The van der Waals surface area contributed by atoms with Crippen LogP contribution in [-0.4, -0.2) is 14.9 Å². The van der Waals surface area contributed by atoms with Crippen molar-refractivity contribution in [2.24, 2.45) is 0 Å². The predicted molar refractivity (Wildman–Crippen MR) is 53.4 cm³/mol. The first-order valence-corrected chi connectivity index (χ1v) is 7.75. The summed E-state index contributed by atoms with van der Waals surface area (Å²) in [6, 6.07) is 3.34. The number of nitriles is 1. The smallest absolute Gasteiger partial charge is 0.186 e. The van der Waals surface area contributed by atoms with Gasteiger partial charge in [0.15, 0.2) is 8.32 Å². The van der Waals surface area contributed by atoms with Gasteiger partial charge in [-0.2, -0.15) is 5.26 Å². The van der Waals surface area contributed by atoms with Crippen LogP contribution in [0.2, 0.25) is 19.1 Å². The number of nitrogens with zero attached hydrogens (tertiary/aromatic N) is 1. The molecule has 0 saturated carbocycles. The Bertz CT molecular complexity index is 151. The molecule has 0 fully saturated rings. The molecular weight excluding hydrogens is 166 g/mol. The Hall–Kier alpha value is -0.333. The molecule has 0 heterocycles. The van der Waals surface area contributed by atoms with E-state index in [9.17, 15) is 0 Å². The second kappa shape index (κ2) is 6.21. The second-order valence-corrected chi connectivity index (χ2v) is 7.87. The molecule has 0 amide bonds. The van der Waals surface area contributed by atoms with Gasteiger partial charge in [0, 0.05) is 13.0 Å². The van der Waals surface area contributed by atoms with Crippen molar-refractivity contribution in [1.29, 1.82) is 5.26 Å². The largest absolute Gasteiger partial charge is 0.418 e. The molecule has 0 radical (unpaired) electrons. The first kappa shape index (κ1) is 11.7. The van der Waals surface area contributed by atoms with Gasteiger partial charge in [-0.3, -0.25) is 0 Å². The van der Waals surface area contributed by atoms with Crippen LogP contribution in [0.5, 0.6) is 0 Å². The first-order chi connectivity index (χ1) is 5.62. The summed E-state index contributed by atoms with van der Waals surface area (Å²) in [7, 11) is -1.36. The van der Waals surface area contributed by atoms with Crippen LogP contribution >= 0.6 is 0 Å². The molecule has 12 heavy (non-hydrogen) atoms. The molecule has 0 aromatic carbocycles. The summed E-state index contributed by atoms with van der Waals surface area (Å²) in [4.78, 5) is 0. The molecule has 0 atom stereocenters. The highest BCUT2D eigenvalue weighted by molar-refractivity contribution is 6.71. The summed E-state index contributed by atoms with van der Waals surface area (Å²) in [5, 5.41) is 8.33. The number of hydrogen-bond donors (Lipinski definition) is 0. The van der Waals surface area contributed by atoms with Crippen molar-refractivity contribution < 1.29 is 4.43 Å². The molecule has 0 aromatic rings. The van der Waals surface area contributed by atoms with Gasteiger partial charge in [0.25, 0.3) is 0 Å². The maximum absolute atomic E-state index is 8.33. The van der Waals surface area contributed by atoms with Gasteiger partial charge in [0.05, 0.1) is 6.07 Å². The van der Waals surface area contributed by atoms with Crippen LogP contribution in [0.15, 0.2) is 0 Å². The van der Waals surface area contributed by atoms with E-state index >= 15 is 0 Å². The highest BCUT2D eigenvalue weighted by atomic mass is 28.4. The minimum absolute atomic E-state index is 0.691. The van der Waals surface area contributed by atoms with Crippen molar-refractivity contribution >= 4 is 8.32 Å². The SMILES string of the molecule is CCO[Si](C)(C)CCCCC#N. The molecule has 3 heteroatoms. The van der Waals surface area contributed by atoms with Crippen molar-refractivity contribution in [1.82, 2.24) is 0 Å². The molecule has 0 saturated heterocycles. The van der Waals surface area contributed by atoms with Gasteiger partial charge in [-0.05, 0) is 32.5 Å². The number of unbranched alkanes of at least 4 members (excludes halogenated alkanes) is 2. The van der Waals surface area contributed by atoms with E-state index in [1.165, 1.54) is 6.04 Å². The standard InChI is InChI=1S/C9H19NOSi/c1-4-11-12(2,3)9-7-5-6-8-10/h4-7,9H2,1-3H3. The van der Waals surface area contributed by atoms with Crippen LogP contribution in [0.3, 0.4) is 0 Å². The molecule has 0 aromatic heterocycles. The highest BCUT2D eigenvalue weighted by Gasteiger charge is 2.20. The Balaban J connectivity index is 3.41. The third-order valence-electron chi connectivity index (χ3n) is 1.85. The van der Waals surface area contributed by atoms with Crippen molar-refractivity contribution in [3.63, 3.8) is 0 Å². The maximum Gasteiger partial charge on any atom is 0.186 e. The Labute approximate surface area is 76.7 Å². The molecule has 0 rings (SSSR count). The fourth-order valence-corrected chi connectivity index (χ4v) is 3.24. The topological polar surface area (TPSA) is 33.0 Å². The van der Waals surface area contributed by atoms with Gasteiger partial charge in [-0.25, -0.2) is 0 Å². The van der Waals surface area contributed by atoms with Crippen molar-refractivity contribution in [2.75, 3.05) is 6.61 Å². The zero-order valence-electron chi connectivity index (χ0n) is 8.39. The monoisotopic (exact) mass is 185 g/mol. The average molecular weight is 185 g/mol. The lowest BCUT2D eigenvalue weighted by Gasteiger charge is -2.21. The predicted octanol–water partition coefficient (Wildman–Crippen LogP) is 2.92. The Morgan fingerprint density at radius 1 is 1.33 bits per heavy atom. The van der Waals surface area contributed by atoms with Crippen LogP contribution in [0.25, 0.3) is 0 Å². The summed E-state index contributed by atoms with van der Waals surface area (Å²) >= 11 is 0. The van der Waals surface area contributed by atoms with Gasteiger partial charge in [-0.15, -0.1) is 0 Å². The summed E-state index contributed by atoms with van der Waals surface area (Å²) < 4.78 is 5.67.